The third-order valence-electron chi connectivity index (χ3n) is 3.23. The predicted molar refractivity (Wildman–Crippen MR) is 79.6 cm³/mol. The molecule has 1 atom stereocenters. The third-order valence-corrected chi connectivity index (χ3v) is 3.23. The lowest BCUT2D eigenvalue weighted by Gasteiger charge is -2.20. The number of benzene rings is 1. The minimum atomic E-state index is 0.224. The van der Waals surface area contributed by atoms with Gasteiger partial charge in [0.1, 0.15) is 0 Å². The van der Waals surface area contributed by atoms with Crippen LogP contribution in [0.15, 0.2) is 24.3 Å². The molecule has 0 aliphatic heterocycles. The molecule has 0 amide bonds. The monoisotopic (exact) mass is 243 g/mol. The maximum absolute atomic E-state index is 5.24. The Morgan fingerprint density at radius 2 is 1.83 bits per heavy atom. The molecular formula is C17H25N. The summed E-state index contributed by atoms with van der Waals surface area (Å²) < 4.78 is 0. The highest BCUT2D eigenvalue weighted by Crippen LogP contribution is 2.23. The van der Waals surface area contributed by atoms with E-state index in [1.54, 1.807) is 0 Å². The third kappa shape index (κ3) is 4.55. The fourth-order valence-corrected chi connectivity index (χ4v) is 1.90. The van der Waals surface area contributed by atoms with Crippen molar-refractivity contribution >= 4 is 0 Å². The second kappa shape index (κ2) is 6.61. The Bertz CT molecular complexity index is 389. The molecule has 0 fully saturated rings. The van der Waals surface area contributed by atoms with Crippen LogP contribution in [0.25, 0.3) is 0 Å². The van der Waals surface area contributed by atoms with E-state index in [1.165, 1.54) is 11.1 Å². The molecule has 1 nitrogen and oxygen atoms in total. The number of nitrogens with one attached hydrogen (secondary N) is 1. The van der Waals surface area contributed by atoms with E-state index >= 15 is 0 Å². The normalized spacial score (nSPS) is 13.1. The van der Waals surface area contributed by atoms with E-state index in [-0.39, 0.29) is 5.41 Å². The van der Waals surface area contributed by atoms with Crippen molar-refractivity contribution in [2.24, 2.45) is 0 Å². The summed E-state index contributed by atoms with van der Waals surface area (Å²) in [7, 11) is 0. The first-order valence-corrected chi connectivity index (χ1v) is 6.72. The average molecular weight is 243 g/mol. The van der Waals surface area contributed by atoms with Gasteiger partial charge in [-0.2, -0.15) is 0 Å². The summed E-state index contributed by atoms with van der Waals surface area (Å²) in [6.45, 7) is 9.89. The molecule has 0 saturated heterocycles. The van der Waals surface area contributed by atoms with E-state index < -0.39 is 0 Å². The Kier molecular flexibility index (Phi) is 5.44. The van der Waals surface area contributed by atoms with Crippen molar-refractivity contribution < 1.29 is 0 Å². The maximum atomic E-state index is 5.24. The van der Waals surface area contributed by atoms with Crippen molar-refractivity contribution in [1.82, 2.24) is 5.32 Å². The largest absolute Gasteiger partial charge is 0.310 e. The van der Waals surface area contributed by atoms with Crippen LogP contribution in [0.4, 0.5) is 0 Å². The Morgan fingerprint density at radius 3 is 2.33 bits per heavy atom. The van der Waals surface area contributed by atoms with Gasteiger partial charge in [-0.25, -0.2) is 0 Å². The first-order chi connectivity index (χ1) is 8.45. The van der Waals surface area contributed by atoms with Crippen LogP contribution in [0.1, 0.15) is 57.7 Å². The Balaban J connectivity index is 2.54. The molecule has 18 heavy (non-hydrogen) atoms. The highest BCUT2D eigenvalue weighted by molar-refractivity contribution is 5.28. The molecule has 1 N–H and O–H groups in total. The number of rotatable bonds is 5. The van der Waals surface area contributed by atoms with E-state index in [0.717, 1.165) is 19.4 Å². The van der Waals surface area contributed by atoms with Gasteiger partial charge < -0.3 is 5.32 Å². The van der Waals surface area contributed by atoms with Crippen LogP contribution >= 0.6 is 0 Å². The molecule has 0 heterocycles. The molecule has 1 aromatic rings. The molecule has 0 saturated carbocycles. The summed E-state index contributed by atoms with van der Waals surface area (Å²) in [5, 5.41) is 3.50. The summed E-state index contributed by atoms with van der Waals surface area (Å²) in [5.41, 5.74) is 2.94. The summed E-state index contributed by atoms with van der Waals surface area (Å²) >= 11 is 0. The molecular weight excluding hydrogens is 218 g/mol. The van der Waals surface area contributed by atoms with Crippen molar-refractivity contribution in [3.8, 4) is 12.3 Å². The fourth-order valence-electron chi connectivity index (χ4n) is 1.90. The first kappa shape index (κ1) is 14.8. The van der Waals surface area contributed by atoms with Crippen LogP contribution < -0.4 is 5.32 Å². The predicted octanol–water partition coefficient (Wildman–Crippen LogP) is 4.05. The standard InChI is InChI=1S/C17H25N/c1-6-7-8-13-18-14(2)15-9-11-16(12-10-15)17(3,4)5/h1,9-12,14,18H,7-8,13H2,2-5H3. The van der Waals surface area contributed by atoms with Gasteiger partial charge in [-0.15, -0.1) is 12.3 Å². The van der Waals surface area contributed by atoms with Crippen molar-refractivity contribution in [3.05, 3.63) is 35.4 Å². The van der Waals surface area contributed by atoms with Gasteiger partial charge in [0.05, 0.1) is 0 Å². The SMILES string of the molecule is C#CCCCNC(C)c1ccc(C(C)(C)C)cc1. The Hall–Kier alpha value is -1.26. The van der Waals surface area contributed by atoms with Crippen LogP contribution in [-0.4, -0.2) is 6.54 Å². The van der Waals surface area contributed by atoms with E-state index in [4.69, 9.17) is 6.42 Å². The average Bonchev–Trinajstić information content (AvgIpc) is 2.33. The number of terminal acetylenes is 1. The highest BCUT2D eigenvalue weighted by atomic mass is 14.9. The van der Waals surface area contributed by atoms with Gasteiger partial charge in [-0.05, 0) is 36.4 Å². The lowest BCUT2D eigenvalue weighted by atomic mass is 9.86. The highest BCUT2D eigenvalue weighted by Gasteiger charge is 2.13. The quantitative estimate of drug-likeness (QED) is 0.608. The summed E-state index contributed by atoms with van der Waals surface area (Å²) in [6, 6.07) is 9.29. The lowest BCUT2D eigenvalue weighted by Crippen LogP contribution is -2.20. The molecule has 0 aromatic heterocycles. The minimum absolute atomic E-state index is 0.224. The summed E-state index contributed by atoms with van der Waals surface area (Å²) in [6.07, 6.45) is 7.13. The Labute approximate surface area is 112 Å². The van der Waals surface area contributed by atoms with Crippen molar-refractivity contribution in [3.63, 3.8) is 0 Å². The molecule has 1 heteroatoms. The van der Waals surface area contributed by atoms with E-state index in [9.17, 15) is 0 Å². The van der Waals surface area contributed by atoms with Gasteiger partial charge in [-0.1, -0.05) is 45.0 Å². The molecule has 0 spiro atoms. The van der Waals surface area contributed by atoms with Crippen molar-refractivity contribution in [1.29, 1.82) is 0 Å². The minimum Gasteiger partial charge on any atom is -0.310 e. The van der Waals surface area contributed by atoms with E-state index in [0.29, 0.717) is 6.04 Å². The van der Waals surface area contributed by atoms with Gasteiger partial charge in [0, 0.05) is 12.5 Å². The lowest BCUT2D eigenvalue weighted by molar-refractivity contribution is 0.560. The molecule has 0 aliphatic carbocycles. The van der Waals surface area contributed by atoms with Crippen LogP contribution in [0.5, 0.6) is 0 Å². The molecule has 1 unspecified atom stereocenters. The smallest absolute Gasteiger partial charge is 0.0291 e. The fraction of sp³-hybridized carbons (Fsp3) is 0.529. The van der Waals surface area contributed by atoms with Gasteiger partial charge in [0.2, 0.25) is 0 Å². The Morgan fingerprint density at radius 1 is 1.22 bits per heavy atom. The zero-order chi connectivity index (χ0) is 13.6. The van der Waals surface area contributed by atoms with Gasteiger partial charge in [0.15, 0.2) is 0 Å². The number of unbranched alkanes of at least 4 members (excludes halogenated alkanes) is 1. The van der Waals surface area contributed by atoms with Gasteiger partial charge >= 0.3 is 0 Å². The van der Waals surface area contributed by atoms with Crippen molar-refractivity contribution in [2.75, 3.05) is 6.54 Å². The molecule has 0 bridgehead atoms. The van der Waals surface area contributed by atoms with Crippen molar-refractivity contribution in [2.45, 2.75) is 52.0 Å². The van der Waals surface area contributed by atoms with Crippen LogP contribution in [-0.2, 0) is 5.41 Å². The summed E-state index contributed by atoms with van der Waals surface area (Å²) in [5.74, 6) is 2.67. The summed E-state index contributed by atoms with van der Waals surface area (Å²) in [4.78, 5) is 0. The van der Waals surface area contributed by atoms with Crippen LogP contribution in [0.3, 0.4) is 0 Å². The zero-order valence-electron chi connectivity index (χ0n) is 12.1. The molecule has 0 aliphatic rings. The van der Waals surface area contributed by atoms with E-state index in [1.807, 2.05) is 0 Å². The van der Waals surface area contributed by atoms with Gasteiger partial charge in [-0.3, -0.25) is 0 Å². The van der Waals surface area contributed by atoms with E-state index in [2.05, 4.69) is 63.2 Å². The molecule has 1 aromatic carbocycles. The second-order valence-corrected chi connectivity index (χ2v) is 5.86. The van der Waals surface area contributed by atoms with Crippen LogP contribution in [0, 0.1) is 12.3 Å². The van der Waals surface area contributed by atoms with Crippen LogP contribution in [0.2, 0.25) is 0 Å². The maximum Gasteiger partial charge on any atom is 0.0291 e. The number of hydrogen-bond acceptors (Lipinski definition) is 1. The second-order valence-electron chi connectivity index (χ2n) is 5.86. The van der Waals surface area contributed by atoms with Gasteiger partial charge in [0.25, 0.3) is 0 Å². The topological polar surface area (TPSA) is 12.0 Å². The number of hydrogen-bond donors (Lipinski definition) is 1. The molecule has 0 radical (unpaired) electrons. The molecule has 98 valence electrons. The first-order valence-electron chi connectivity index (χ1n) is 6.72. The molecule has 1 rings (SSSR count). The zero-order valence-corrected chi connectivity index (χ0v) is 12.1.